The van der Waals surface area contributed by atoms with Crippen LogP contribution in [0.5, 0.6) is 5.75 Å². The molecule has 1 aromatic rings. The number of rotatable bonds is 8. The quantitative estimate of drug-likeness (QED) is 0.394. The first-order chi connectivity index (χ1) is 12.0. The van der Waals surface area contributed by atoms with E-state index in [0.29, 0.717) is 35.7 Å². The van der Waals surface area contributed by atoms with Crippen LogP contribution >= 0.6 is 24.0 Å². The number of para-hydroxylation sites is 1. The normalized spacial score (nSPS) is 17.0. The van der Waals surface area contributed by atoms with E-state index in [-0.39, 0.29) is 4.32 Å². The standard InChI is InChI=1S/C18H19NO4S2/c1-3-7-13(17(21)22)19-16(20)15(25-18(19)24)11-12-8-5-6-9-14(12)23-10-4-2/h4-6,8-9,11,13H,2-3,7,10H2,1H3,(H,21,22)/p-1/b15-11-/t13-/m0/s1. The fourth-order valence-electron chi connectivity index (χ4n) is 2.40. The Labute approximate surface area is 156 Å². The molecule has 1 atom stereocenters. The summed E-state index contributed by atoms with van der Waals surface area (Å²) in [6.45, 7) is 5.80. The van der Waals surface area contributed by atoms with Crippen LogP contribution in [0.1, 0.15) is 25.3 Å². The van der Waals surface area contributed by atoms with Gasteiger partial charge in [-0.1, -0.05) is 68.2 Å². The second-order valence-corrected chi connectivity index (χ2v) is 6.99. The highest BCUT2D eigenvalue weighted by molar-refractivity contribution is 8.26. The molecule has 0 aliphatic carbocycles. The molecule has 0 N–H and O–H groups in total. The van der Waals surface area contributed by atoms with Crippen LogP contribution in [-0.2, 0) is 9.59 Å². The van der Waals surface area contributed by atoms with Crippen LogP contribution in [-0.4, -0.2) is 33.7 Å². The average molecular weight is 376 g/mol. The number of carbonyl (C=O) groups excluding carboxylic acids is 2. The Morgan fingerprint density at radius 3 is 2.84 bits per heavy atom. The van der Waals surface area contributed by atoms with Gasteiger partial charge in [-0.3, -0.25) is 9.69 Å². The van der Waals surface area contributed by atoms with Crippen molar-refractivity contribution in [3.63, 3.8) is 0 Å². The van der Waals surface area contributed by atoms with Gasteiger partial charge >= 0.3 is 0 Å². The number of thiocarbonyl (C=S) groups is 1. The third kappa shape index (κ3) is 4.49. The van der Waals surface area contributed by atoms with Crippen molar-refractivity contribution in [2.45, 2.75) is 25.8 Å². The molecule has 7 heteroatoms. The molecule has 25 heavy (non-hydrogen) atoms. The maximum atomic E-state index is 12.7. The van der Waals surface area contributed by atoms with E-state index in [1.54, 1.807) is 18.2 Å². The minimum atomic E-state index is -1.30. The number of carboxylic acids is 1. The van der Waals surface area contributed by atoms with E-state index in [1.807, 2.05) is 25.1 Å². The lowest BCUT2D eigenvalue weighted by atomic mass is 10.1. The first kappa shape index (κ1) is 19.2. The van der Waals surface area contributed by atoms with Crippen LogP contribution in [0.25, 0.3) is 6.08 Å². The van der Waals surface area contributed by atoms with Gasteiger partial charge in [0.15, 0.2) is 0 Å². The fraction of sp³-hybridized carbons (Fsp3) is 0.278. The molecule has 0 saturated carbocycles. The molecule has 0 radical (unpaired) electrons. The Kier molecular flexibility index (Phi) is 6.78. The van der Waals surface area contributed by atoms with Crippen LogP contribution in [0.4, 0.5) is 0 Å². The molecule has 1 aliphatic heterocycles. The number of hydrogen-bond donors (Lipinski definition) is 0. The molecule has 1 fully saturated rings. The third-order valence-corrected chi connectivity index (χ3v) is 4.86. The largest absolute Gasteiger partial charge is 0.548 e. The molecule has 0 spiro atoms. The Hall–Kier alpha value is -2.12. The van der Waals surface area contributed by atoms with Gasteiger partial charge < -0.3 is 14.6 Å². The summed E-state index contributed by atoms with van der Waals surface area (Å²) < 4.78 is 5.80. The maximum absolute atomic E-state index is 12.7. The Bertz CT molecular complexity index is 730. The summed E-state index contributed by atoms with van der Waals surface area (Å²) in [5.41, 5.74) is 0.713. The second kappa shape index (κ2) is 8.82. The molecule has 1 aromatic carbocycles. The molecule has 0 unspecified atom stereocenters. The summed E-state index contributed by atoms with van der Waals surface area (Å²) in [7, 11) is 0. The van der Waals surface area contributed by atoms with E-state index in [2.05, 4.69) is 6.58 Å². The van der Waals surface area contributed by atoms with Gasteiger partial charge in [-0.25, -0.2) is 0 Å². The molecule has 2 rings (SSSR count). The summed E-state index contributed by atoms with van der Waals surface area (Å²) in [6, 6.07) is 6.21. The van der Waals surface area contributed by atoms with Gasteiger partial charge in [-0.2, -0.15) is 0 Å². The molecule has 5 nitrogen and oxygen atoms in total. The third-order valence-electron chi connectivity index (χ3n) is 3.53. The second-order valence-electron chi connectivity index (χ2n) is 5.31. The Morgan fingerprint density at radius 2 is 2.20 bits per heavy atom. The number of carboxylic acid groups (broad SMARTS) is 1. The van der Waals surface area contributed by atoms with Crippen molar-refractivity contribution < 1.29 is 19.4 Å². The number of aliphatic carboxylic acids is 1. The number of ether oxygens (including phenoxy) is 1. The molecular weight excluding hydrogens is 358 g/mol. The summed E-state index contributed by atoms with van der Waals surface area (Å²) in [4.78, 5) is 25.5. The van der Waals surface area contributed by atoms with Crippen molar-refractivity contribution in [3.05, 3.63) is 47.4 Å². The van der Waals surface area contributed by atoms with Gasteiger partial charge in [0.1, 0.15) is 16.7 Å². The van der Waals surface area contributed by atoms with Crippen LogP contribution in [0.2, 0.25) is 0 Å². The number of amides is 1. The monoisotopic (exact) mass is 376 g/mol. The topological polar surface area (TPSA) is 69.7 Å². The summed E-state index contributed by atoms with van der Waals surface area (Å²) >= 11 is 6.30. The van der Waals surface area contributed by atoms with Crippen molar-refractivity contribution >= 4 is 46.3 Å². The van der Waals surface area contributed by atoms with Crippen LogP contribution in [0, 0.1) is 0 Å². The number of nitrogens with zero attached hydrogens (tertiary/aromatic N) is 1. The first-order valence-electron chi connectivity index (χ1n) is 7.80. The van der Waals surface area contributed by atoms with Gasteiger partial charge in [0.2, 0.25) is 0 Å². The van der Waals surface area contributed by atoms with Crippen molar-refractivity contribution in [2.24, 2.45) is 0 Å². The molecule has 132 valence electrons. The first-order valence-corrected chi connectivity index (χ1v) is 9.02. The van der Waals surface area contributed by atoms with E-state index >= 15 is 0 Å². The zero-order chi connectivity index (χ0) is 18.4. The predicted octanol–water partition coefficient (Wildman–Crippen LogP) is 2.37. The van der Waals surface area contributed by atoms with Gasteiger partial charge in [0, 0.05) is 5.56 Å². The van der Waals surface area contributed by atoms with Crippen LogP contribution < -0.4 is 9.84 Å². The summed E-state index contributed by atoms with van der Waals surface area (Å²) in [6.07, 6.45) is 4.19. The van der Waals surface area contributed by atoms with Gasteiger partial charge in [0.25, 0.3) is 5.91 Å². The average Bonchev–Trinajstić information content (AvgIpc) is 2.85. The van der Waals surface area contributed by atoms with E-state index in [4.69, 9.17) is 17.0 Å². The summed E-state index contributed by atoms with van der Waals surface area (Å²) in [5, 5.41) is 11.4. The number of hydrogen-bond acceptors (Lipinski definition) is 6. The minimum absolute atomic E-state index is 0.225. The fourth-order valence-corrected chi connectivity index (χ4v) is 3.74. The number of benzene rings is 1. The van der Waals surface area contributed by atoms with E-state index in [0.717, 1.165) is 16.7 Å². The highest BCUT2D eigenvalue weighted by atomic mass is 32.2. The lowest BCUT2D eigenvalue weighted by Gasteiger charge is -2.27. The van der Waals surface area contributed by atoms with Crippen LogP contribution in [0.3, 0.4) is 0 Å². The molecule has 0 aromatic heterocycles. The van der Waals surface area contributed by atoms with Gasteiger partial charge in [-0.15, -0.1) is 0 Å². The van der Waals surface area contributed by atoms with Gasteiger partial charge in [-0.05, 0) is 18.6 Å². The molecule has 1 amide bonds. The minimum Gasteiger partial charge on any atom is -0.548 e. The van der Waals surface area contributed by atoms with Crippen LogP contribution in [0.15, 0.2) is 41.8 Å². The smallest absolute Gasteiger partial charge is 0.266 e. The molecular formula is C18H18NO4S2-. The van der Waals surface area contributed by atoms with Crippen molar-refractivity contribution in [2.75, 3.05) is 6.61 Å². The number of carbonyl (C=O) groups is 2. The SMILES string of the molecule is C=CCOc1ccccc1/C=C1\SC(=S)N([C@@H](CCC)C(=O)[O-])C1=O. The molecule has 1 aliphatic rings. The van der Waals surface area contributed by atoms with Crippen molar-refractivity contribution in [1.82, 2.24) is 4.90 Å². The van der Waals surface area contributed by atoms with Crippen molar-refractivity contribution in [1.29, 1.82) is 0 Å². The van der Waals surface area contributed by atoms with Gasteiger partial charge in [0.05, 0.1) is 16.9 Å². The zero-order valence-electron chi connectivity index (χ0n) is 13.8. The lowest BCUT2D eigenvalue weighted by Crippen LogP contribution is -2.49. The molecule has 0 bridgehead atoms. The Morgan fingerprint density at radius 1 is 1.48 bits per heavy atom. The summed E-state index contributed by atoms with van der Waals surface area (Å²) in [5.74, 6) is -1.11. The number of thioether (sulfide) groups is 1. The maximum Gasteiger partial charge on any atom is 0.266 e. The highest BCUT2D eigenvalue weighted by Gasteiger charge is 2.37. The Balaban J connectivity index is 2.31. The van der Waals surface area contributed by atoms with E-state index < -0.39 is 17.9 Å². The molecule has 1 heterocycles. The van der Waals surface area contributed by atoms with E-state index in [1.165, 1.54) is 0 Å². The predicted molar refractivity (Wildman–Crippen MR) is 101 cm³/mol. The molecule has 1 saturated heterocycles. The van der Waals surface area contributed by atoms with E-state index in [9.17, 15) is 14.7 Å². The van der Waals surface area contributed by atoms with Crippen molar-refractivity contribution in [3.8, 4) is 5.75 Å². The lowest BCUT2D eigenvalue weighted by molar-refractivity contribution is -0.310. The highest BCUT2D eigenvalue weighted by Crippen LogP contribution is 2.36. The zero-order valence-corrected chi connectivity index (χ0v) is 15.4.